The van der Waals surface area contributed by atoms with Crippen molar-refractivity contribution in [3.8, 4) is 0 Å². The Balaban J connectivity index is 2.17. The van der Waals surface area contributed by atoms with Crippen molar-refractivity contribution in [2.24, 2.45) is 11.7 Å². The Morgan fingerprint density at radius 1 is 1.54 bits per heavy atom. The second-order valence-electron chi connectivity index (χ2n) is 4.01. The first-order valence-electron chi connectivity index (χ1n) is 4.81. The SMILES string of the molecule is CC(F)(F)CCN1CCC(CN)C1. The van der Waals surface area contributed by atoms with Gasteiger partial charge in [0.05, 0.1) is 0 Å². The first kappa shape index (κ1) is 10.9. The molecule has 0 saturated carbocycles. The molecule has 2 nitrogen and oxygen atoms in total. The van der Waals surface area contributed by atoms with Gasteiger partial charge in [0, 0.05) is 19.5 Å². The second-order valence-corrected chi connectivity index (χ2v) is 4.01. The summed E-state index contributed by atoms with van der Waals surface area (Å²) in [5.41, 5.74) is 5.50. The van der Waals surface area contributed by atoms with Gasteiger partial charge in [-0.05, 0) is 32.4 Å². The van der Waals surface area contributed by atoms with Crippen molar-refractivity contribution in [1.82, 2.24) is 4.90 Å². The van der Waals surface area contributed by atoms with Crippen LogP contribution in [0.4, 0.5) is 8.78 Å². The molecule has 0 spiro atoms. The summed E-state index contributed by atoms with van der Waals surface area (Å²) >= 11 is 0. The van der Waals surface area contributed by atoms with E-state index >= 15 is 0 Å². The zero-order valence-electron chi connectivity index (χ0n) is 8.10. The van der Waals surface area contributed by atoms with E-state index < -0.39 is 5.92 Å². The third kappa shape index (κ3) is 4.00. The van der Waals surface area contributed by atoms with E-state index in [0.717, 1.165) is 26.4 Å². The molecule has 0 aromatic heterocycles. The first-order chi connectivity index (χ1) is 6.01. The third-order valence-corrected chi connectivity index (χ3v) is 2.57. The van der Waals surface area contributed by atoms with E-state index in [4.69, 9.17) is 5.73 Å². The van der Waals surface area contributed by atoms with Crippen LogP contribution in [0.1, 0.15) is 19.8 Å². The lowest BCUT2D eigenvalue weighted by Gasteiger charge is -2.18. The Labute approximate surface area is 78.1 Å². The number of likely N-dealkylation sites (tertiary alicyclic amines) is 1. The van der Waals surface area contributed by atoms with Gasteiger partial charge in [0.15, 0.2) is 0 Å². The summed E-state index contributed by atoms with van der Waals surface area (Å²) < 4.78 is 25.0. The van der Waals surface area contributed by atoms with Crippen molar-refractivity contribution in [1.29, 1.82) is 0 Å². The number of halogens is 2. The number of alkyl halides is 2. The molecule has 0 radical (unpaired) electrons. The first-order valence-corrected chi connectivity index (χ1v) is 4.81. The molecule has 1 fully saturated rings. The molecule has 1 atom stereocenters. The summed E-state index contributed by atoms with van der Waals surface area (Å²) in [6.45, 7) is 3.98. The van der Waals surface area contributed by atoms with Crippen molar-refractivity contribution in [3.63, 3.8) is 0 Å². The van der Waals surface area contributed by atoms with E-state index in [-0.39, 0.29) is 6.42 Å². The Morgan fingerprint density at radius 3 is 2.69 bits per heavy atom. The van der Waals surface area contributed by atoms with Gasteiger partial charge in [-0.15, -0.1) is 0 Å². The molecule has 0 aliphatic carbocycles. The minimum atomic E-state index is -2.53. The van der Waals surface area contributed by atoms with E-state index in [1.807, 2.05) is 0 Å². The molecule has 0 aromatic rings. The predicted molar refractivity (Wildman–Crippen MR) is 48.8 cm³/mol. The van der Waals surface area contributed by atoms with Gasteiger partial charge in [-0.1, -0.05) is 0 Å². The highest BCUT2D eigenvalue weighted by molar-refractivity contribution is 4.77. The monoisotopic (exact) mass is 192 g/mol. The fourth-order valence-corrected chi connectivity index (χ4v) is 1.66. The molecular formula is C9H18F2N2. The number of nitrogens with zero attached hydrogens (tertiary/aromatic N) is 1. The quantitative estimate of drug-likeness (QED) is 0.727. The van der Waals surface area contributed by atoms with Crippen LogP contribution in [0.3, 0.4) is 0 Å². The van der Waals surface area contributed by atoms with E-state index in [9.17, 15) is 8.78 Å². The maximum atomic E-state index is 12.5. The van der Waals surface area contributed by atoms with Gasteiger partial charge in [0.2, 0.25) is 5.92 Å². The molecule has 1 rings (SSSR count). The molecule has 2 N–H and O–H groups in total. The molecule has 0 aromatic carbocycles. The maximum absolute atomic E-state index is 12.5. The van der Waals surface area contributed by atoms with Crippen LogP contribution in [-0.4, -0.2) is 37.0 Å². The second kappa shape index (κ2) is 4.33. The normalized spacial score (nSPS) is 25.4. The van der Waals surface area contributed by atoms with Crippen molar-refractivity contribution in [2.75, 3.05) is 26.2 Å². The van der Waals surface area contributed by atoms with Gasteiger partial charge in [-0.3, -0.25) is 0 Å². The van der Waals surface area contributed by atoms with Crippen LogP contribution in [0.2, 0.25) is 0 Å². The molecule has 1 aliphatic heterocycles. The lowest BCUT2D eigenvalue weighted by Crippen LogP contribution is -2.27. The zero-order chi connectivity index (χ0) is 9.90. The Morgan fingerprint density at radius 2 is 2.23 bits per heavy atom. The van der Waals surface area contributed by atoms with Crippen LogP contribution in [0.5, 0.6) is 0 Å². The topological polar surface area (TPSA) is 29.3 Å². The highest BCUT2D eigenvalue weighted by Gasteiger charge is 2.26. The smallest absolute Gasteiger partial charge is 0.246 e. The van der Waals surface area contributed by atoms with Crippen LogP contribution in [0.15, 0.2) is 0 Å². The van der Waals surface area contributed by atoms with Gasteiger partial charge in [-0.2, -0.15) is 0 Å². The van der Waals surface area contributed by atoms with Gasteiger partial charge in [0.1, 0.15) is 0 Å². The van der Waals surface area contributed by atoms with Crippen LogP contribution in [-0.2, 0) is 0 Å². The van der Waals surface area contributed by atoms with E-state index in [1.54, 1.807) is 0 Å². The van der Waals surface area contributed by atoms with Crippen molar-refractivity contribution < 1.29 is 8.78 Å². The van der Waals surface area contributed by atoms with Gasteiger partial charge in [0.25, 0.3) is 0 Å². The van der Waals surface area contributed by atoms with Crippen LogP contribution in [0, 0.1) is 5.92 Å². The molecular weight excluding hydrogens is 174 g/mol. The average Bonchev–Trinajstić information content (AvgIpc) is 2.47. The third-order valence-electron chi connectivity index (χ3n) is 2.57. The fraction of sp³-hybridized carbons (Fsp3) is 1.00. The molecule has 1 saturated heterocycles. The number of hydrogen-bond donors (Lipinski definition) is 1. The number of nitrogens with two attached hydrogens (primary N) is 1. The number of rotatable bonds is 4. The highest BCUT2D eigenvalue weighted by atomic mass is 19.3. The van der Waals surface area contributed by atoms with Crippen molar-refractivity contribution >= 4 is 0 Å². The van der Waals surface area contributed by atoms with E-state index in [2.05, 4.69) is 4.90 Å². The molecule has 13 heavy (non-hydrogen) atoms. The summed E-state index contributed by atoms with van der Waals surface area (Å²) in [7, 11) is 0. The van der Waals surface area contributed by atoms with Crippen LogP contribution in [0.25, 0.3) is 0 Å². The van der Waals surface area contributed by atoms with Crippen LogP contribution >= 0.6 is 0 Å². The lowest BCUT2D eigenvalue weighted by molar-refractivity contribution is 0.00484. The summed E-state index contributed by atoms with van der Waals surface area (Å²) in [6, 6.07) is 0. The largest absolute Gasteiger partial charge is 0.330 e. The minimum absolute atomic E-state index is 0.0374. The highest BCUT2D eigenvalue weighted by Crippen LogP contribution is 2.20. The molecule has 1 heterocycles. The zero-order valence-corrected chi connectivity index (χ0v) is 8.10. The summed E-state index contributed by atoms with van der Waals surface area (Å²) in [5, 5.41) is 0. The van der Waals surface area contributed by atoms with Crippen molar-refractivity contribution in [3.05, 3.63) is 0 Å². The Kier molecular flexibility index (Phi) is 3.62. The minimum Gasteiger partial charge on any atom is -0.330 e. The summed E-state index contributed by atoms with van der Waals surface area (Å²) in [5.74, 6) is -2.01. The van der Waals surface area contributed by atoms with Crippen molar-refractivity contribution in [2.45, 2.75) is 25.7 Å². The standard InChI is InChI=1S/C9H18F2N2/c1-9(10,11)3-5-13-4-2-8(6-12)7-13/h8H,2-7,12H2,1H3. The Bertz CT molecular complexity index is 156. The number of hydrogen-bond acceptors (Lipinski definition) is 2. The Hall–Kier alpha value is -0.220. The fourth-order valence-electron chi connectivity index (χ4n) is 1.66. The van der Waals surface area contributed by atoms with E-state index in [1.165, 1.54) is 0 Å². The molecule has 4 heteroatoms. The molecule has 0 amide bonds. The predicted octanol–water partition coefficient (Wildman–Crippen LogP) is 1.31. The molecule has 1 unspecified atom stereocenters. The van der Waals surface area contributed by atoms with Gasteiger partial charge in [-0.25, -0.2) is 8.78 Å². The lowest BCUT2D eigenvalue weighted by atomic mass is 10.1. The van der Waals surface area contributed by atoms with E-state index in [0.29, 0.717) is 19.0 Å². The maximum Gasteiger partial charge on any atom is 0.246 e. The van der Waals surface area contributed by atoms with Crippen LogP contribution < -0.4 is 5.73 Å². The van der Waals surface area contributed by atoms with Gasteiger partial charge >= 0.3 is 0 Å². The molecule has 0 bridgehead atoms. The van der Waals surface area contributed by atoms with Gasteiger partial charge < -0.3 is 10.6 Å². The summed E-state index contributed by atoms with van der Waals surface area (Å²) in [6.07, 6.45) is 1.02. The average molecular weight is 192 g/mol. The molecule has 78 valence electrons. The summed E-state index contributed by atoms with van der Waals surface area (Å²) in [4.78, 5) is 2.08. The molecule has 1 aliphatic rings.